The number of hydrogen-bond acceptors (Lipinski definition) is 3. The summed E-state index contributed by atoms with van der Waals surface area (Å²) in [5.41, 5.74) is 7.34. The van der Waals surface area contributed by atoms with E-state index in [2.05, 4.69) is 19.2 Å². The molecular formula is C12H20N2S. The Hall–Kier alpha value is -0.410. The monoisotopic (exact) mass is 224 g/mol. The summed E-state index contributed by atoms with van der Waals surface area (Å²) < 4.78 is 0. The van der Waals surface area contributed by atoms with Crippen LogP contribution in [0.25, 0.3) is 0 Å². The maximum Gasteiger partial charge on any atom is 0.0956 e. The van der Waals surface area contributed by atoms with Gasteiger partial charge in [-0.05, 0) is 19.3 Å². The lowest BCUT2D eigenvalue weighted by Crippen LogP contribution is -2.22. The fraction of sp³-hybridized carbons (Fsp3) is 0.750. The molecule has 1 aromatic heterocycles. The molecule has 1 aliphatic carbocycles. The molecule has 2 rings (SSSR count). The highest BCUT2D eigenvalue weighted by Gasteiger charge is 2.27. The quantitative estimate of drug-likeness (QED) is 0.856. The van der Waals surface area contributed by atoms with Gasteiger partial charge in [-0.25, -0.2) is 4.98 Å². The summed E-state index contributed by atoms with van der Waals surface area (Å²) in [5, 5.41) is 3.50. The van der Waals surface area contributed by atoms with Gasteiger partial charge in [0.2, 0.25) is 0 Å². The van der Waals surface area contributed by atoms with Gasteiger partial charge in [-0.2, -0.15) is 0 Å². The van der Waals surface area contributed by atoms with Gasteiger partial charge in [0.25, 0.3) is 0 Å². The standard InChI is InChI=1S/C12H20N2S/c1-3-8(2)12-14-11(7-15-12)9-5-4-6-10(9)13/h7-10H,3-6,13H2,1-2H3. The van der Waals surface area contributed by atoms with Crippen molar-refractivity contribution in [3.8, 4) is 0 Å². The van der Waals surface area contributed by atoms with Crippen LogP contribution < -0.4 is 5.73 Å². The molecule has 84 valence electrons. The highest BCUT2D eigenvalue weighted by atomic mass is 32.1. The zero-order valence-electron chi connectivity index (χ0n) is 9.57. The first-order valence-electron chi connectivity index (χ1n) is 5.93. The van der Waals surface area contributed by atoms with Gasteiger partial charge in [0.15, 0.2) is 0 Å². The molecule has 0 saturated heterocycles. The largest absolute Gasteiger partial charge is 0.327 e. The SMILES string of the molecule is CCC(C)c1nc(C2CCCC2N)cs1. The molecule has 0 aliphatic heterocycles. The van der Waals surface area contributed by atoms with E-state index in [1.165, 1.54) is 36.4 Å². The average molecular weight is 224 g/mol. The van der Waals surface area contributed by atoms with Crippen LogP contribution in [0.15, 0.2) is 5.38 Å². The number of nitrogens with two attached hydrogens (primary N) is 1. The fourth-order valence-electron chi connectivity index (χ4n) is 2.23. The van der Waals surface area contributed by atoms with Gasteiger partial charge in [-0.15, -0.1) is 11.3 Å². The van der Waals surface area contributed by atoms with Crippen molar-refractivity contribution in [3.05, 3.63) is 16.1 Å². The minimum absolute atomic E-state index is 0.344. The van der Waals surface area contributed by atoms with Crippen LogP contribution >= 0.6 is 11.3 Å². The molecule has 0 bridgehead atoms. The van der Waals surface area contributed by atoms with Crippen LogP contribution in [-0.4, -0.2) is 11.0 Å². The summed E-state index contributed by atoms with van der Waals surface area (Å²) >= 11 is 1.80. The number of hydrogen-bond donors (Lipinski definition) is 1. The second-order valence-corrected chi connectivity index (χ2v) is 5.51. The molecule has 1 aromatic rings. The first-order chi connectivity index (χ1) is 7.22. The summed E-state index contributed by atoms with van der Waals surface area (Å²) in [4.78, 5) is 4.75. The van der Waals surface area contributed by atoms with Crippen molar-refractivity contribution >= 4 is 11.3 Å². The van der Waals surface area contributed by atoms with E-state index in [1.807, 2.05) is 0 Å². The van der Waals surface area contributed by atoms with Gasteiger partial charge >= 0.3 is 0 Å². The fourth-order valence-corrected chi connectivity index (χ4v) is 3.25. The maximum absolute atomic E-state index is 6.09. The van der Waals surface area contributed by atoms with E-state index in [9.17, 15) is 0 Å². The normalized spacial score (nSPS) is 28.2. The Balaban J connectivity index is 2.12. The van der Waals surface area contributed by atoms with Crippen LogP contribution in [0.1, 0.15) is 62.1 Å². The second kappa shape index (κ2) is 4.62. The Morgan fingerprint density at radius 2 is 2.40 bits per heavy atom. The topological polar surface area (TPSA) is 38.9 Å². The Morgan fingerprint density at radius 1 is 1.60 bits per heavy atom. The average Bonchev–Trinajstić information content (AvgIpc) is 2.84. The lowest BCUT2D eigenvalue weighted by molar-refractivity contribution is 0.596. The Labute approximate surface area is 95.9 Å². The summed E-state index contributed by atoms with van der Waals surface area (Å²) in [7, 11) is 0. The second-order valence-electron chi connectivity index (χ2n) is 4.62. The van der Waals surface area contributed by atoms with E-state index >= 15 is 0 Å². The van der Waals surface area contributed by atoms with Gasteiger partial charge in [0.05, 0.1) is 10.7 Å². The molecular weight excluding hydrogens is 204 g/mol. The van der Waals surface area contributed by atoms with E-state index in [4.69, 9.17) is 10.7 Å². The van der Waals surface area contributed by atoms with Gasteiger partial charge in [0, 0.05) is 23.3 Å². The Bertz CT molecular complexity index is 321. The van der Waals surface area contributed by atoms with E-state index in [0.29, 0.717) is 17.9 Å². The molecule has 0 amide bonds. The van der Waals surface area contributed by atoms with Crippen LogP contribution in [-0.2, 0) is 0 Å². The molecule has 2 nitrogen and oxygen atoms in total. The predicted molar refractivity (Wildman–Crippen MR) is 65.4 cm³/mol. The number of aromatic nitrogens is 1. The zero-order chi connectivity index (χ0) is 10.8. The van der Waals surface area contributed by atoms with Crippen LogP contribution in [0.2, 0.25) is 0 Å². The minimum atomic E-state index is 0.344. The lowest BCUT2D eigenvalue weighted by Gasteiger charge is -2.12. The van der Waals surface area contributed by atoms with Crippen molar-refractivity contribution in [1.29, 1.82) is 0 Å². The van der Waals surface area contributed by atoms with E-state index < -0.39 is 0 Å². The smallest absolute Gasteiger partial charge is 0.0956 e. The molecule has 15 heavy (non-hydrogen) atoms. The predicted octanol–water partition coefficient (Wildman–Crippen LogP) is 3.25. The molecule has 3 atom stereocenters. The first-order valence-corrected chi connectivity index (χ1v) is 6.81. The third-order valence-corrected chi connectivity index (χ3v) is 4.62. The maximum atomic E-state index is 6.09. The van der Waals surface area contributed by atoms with Gasteiger partial charge in [-0.1, -0.05) is 20.3 Å². The molecule has 1 heterocycles. The van der Waals surface area contributed by atoms with Crippen molar-refractivity contribution in [1.82, 2.24) is 4.98 Å². The van der Waals surface area contributed by atoms with Gasteiger partial charge in [0.1, 0.15) is 0 Å². The van der Waals surface area contributed by atoms with E-state index in [0.717, 1.165) is 0 Å². The Kier molecular flexibility index (Phi) is 3.42. The van der Waals surface area contributed by atoms with Crippen molar-refractivity contribution in [3.63, 3.8) is 0 Å². The molecule has 2 N–H and O–H groups in total. The molecule has 1 saturated carbocycles. The van der Waals surface area contributed by atoms with Crippen molar-refractivity contribution in [2.45, 2.75) is 57.4 Å². The molecule has 0 aromatic carbocycles. The van der Waals surface area contributed by atoms with Crippen LogP contribution in [0.5, 0.6) is 0 Å². The molecule has 3 unspecified atom stereocenters. The highest BCUT2D eigenvalue weighted by molar-refractivity contribution is 7.09. The summed E-state index contributed by atoms with van der Waals surface area (Å²) in [6.45, 7) is 4.46. The van der Waals surface area contributed by atoms with Crippen LogP contribution in [0.4, 0.5) is 0 Å². The minimum Gasteiger partial charge on any atom is -0.327 e. The third-order valence-electron chi connectivity index (χ3n) is 3.52. The number of nitrogens with zero attached hydrogens (tertiary/aromatic N) is 1. The highest BCUT2D eigenvalue weighted by Crippen LogP contribution is 2.35. The third kappa shape index (κ3) is 2.23. The van der Waals surface area contributed by atoms with Crippen LogP contribution in [0, 0.1) is 0 Å². The first kappa shape index (κ1) is 11.1. The van der Waals surface area contributed by atoms with Crippen molar-refractivity contribution < 1.29 is 0 Å². The van der Waals surface area contributed by atoms with E-state index in [1.54, 1.807) is 11.3 Å². The molecule has 0 spiro atoms. The molecule has 1 aliphatic rings. The Morgan fingerprint density at radius 3 is 3.00 bits per heavy atom. The summed E-state index contributed by atoms with van der Waals surface area (Å²) in [5.74, 6) is 1.13. The summed E-state index contributed by atoms with van der Waals surface area (Å²) in [6, 6.07) is 0.344. The lowest BCUT2D eigenvalue weighted by atomic mass is 10.0. The number of thiazole rings is 1. The van der Waals surface area contributed by atoms with Crippen LogP contribution in [0.3, 0.4) is 0 Å². The van der Waals surface area contributed by atoms with Gasteiger partial charge < -0.3 is 5.73 Å². The summed E-state index contributed by atoms with van der Waals surface area (Å²) in [6.07, 6.45) is 4.83. The van der Waals surface area contributed by atoms with E-state index in [-0.39, 0.29) is 0 Å². The van der Waals surface area contributed by atoms with Crippen molar-refractivity contribution in [2.24, 2.45) is 5.73 Å². The zero-order valence-corrected chi connectivity index (χ0v) is 10.4. The molecule has 1 fully saturated rings. The molecule has 3 heteroatoms. The number of rotatable bonds is 3. The van der Waals surface area contributed by atoms with Gasteiger partial charge in [-0.3, -0.25) is 0 Å². The van der Waals surface area contributed by atoms with Crippen molar-refractivity contribution in [2.75, 3.05) is 0 Å². The molecule has 0 radical (unpaired) electrons.